The van der Waals surface area contributed by atoms with E-state index in [9.17, 15) is 9.90 Å². The number of carbonyl (C=O) groups is 1. The second-order valence-electron chi connectivity index (χ2n) is 3.77. The van der Waals surface area contributed by atoms with Crippen LogP contribution in [0.1, 0.15) is 10.5 Å². The second-order valence-corrected chi connectivity index (χ2v) is 3.77. The first-order valence-corrected chi connectivity index (χ1v) is 5.38. The topological polar surface area (TPSA) is 67.5 Å². The van der Waals surface area contributed by atoms with E-state index in [4.69, 9.17) is 0 Å². The molecule has 0 spiro atoms. The number of pyridine rings is 2. The molecule has 0 aliphatic carbocycles. The number of hydrogen-bond acceptors (Lipinski definition) is 3. The van der Waals surface area contributed by atoms with Gasteiger partial charge < -0.3 is 5.11 Å². The first-order valence-electron chi connectivity index (χ1n) is 5.38. The van der Waals surface area contributed by atoms with Gasteiger partial charge in [-0.25, -0.2) is 9.78 Å². The molecule has 88 valence electrons. The summed E-state index contributed by atoms with van der Waals surface area (Å²) in [4.78, 5) is 19.7. The largest absolute Gasteiger partial charge is 0.477 e. The van der Waals surface area contributed by atoms with Crippen molar-refractivity contribution in [2.24, 2.45) is 0 Å². The number of carboxylic acids is 1. The van der Waals surface area contributed by atoms with E-state index in [0.717, 1.165) is 5.52 Å². The highest BCUT2D eigenvalue weighted by Crippen LogP contribution is 2.19. The molecule has 1 N–H and O–H groups in total. The number of nitrogens with zero attached hydrogens (tertiary/aromatic N) is 3. The molecule has 18 heavy (non-hydrogen) atoms. The summed E-state index contributed by atoms with van der Waals surface area (Å²) < 4.78 is 1.59. The van der Waals surface area contributed by atoms with Gasteiger partial charge in [-0.15, -0.1) is 0 Å². The quantitative estimate of drug-likeness (QED) is 0.743. The minimum absolute atomic E-state index is 0.172. The molecule has 3 aromatic heterocycles. The van der Waals surface area contributed by atoms with Crippen LogP contribution in [0.3, 0.4) is 0 Å². The average Bonchev–Trinajstić information content (AvgIpc) is 2.83. The molecule has 0 radical (unpaired) electrons. The Morgan fingerprint density at radius 2 is 2.00 bits per heavy atom. The van der Waals surface area contributed by atoms with Crippen molar-refractivity contribution in [2.75, 3.05) is 0 Å². The van der Waals surface area contributed by atoms with E-state index in [1.807, 2.05) is 12.1 Å². The standard InChI is InChI=1S/C13H9N3O2/c17-13(18)11-6-3-4-9-8-15-12(16(9)11)10-5-1-2-7-14-10/h1-8H,(H,17,18). The molecule has 5 heteroatoms. The van der Waals surface area contributed by atoms with Crippen LogP contribution in [0.5, 0.6) is 0 Å². The summed E-state index contributed by atoms with van der Waals surface area (Å²) in [5.74, 6) is -0.459. The first kappa shape index (κ1) is 10.5. The van der Waals surface area contributed by atoms with E-state index in [1.165, 1.54) is 0 Å². The predicted octanol–water partition coefficient (Wildman–Crippen LogP) is 2.09. The lowest BCUT2D eigenvalue weighted by atomic mass is 10.3. The molecule has 0 atom stereocenters. The van der Waals surface area contributed by atoms with Gasteiger partial charge in [-0.3, -0.25) is 9.38 Å². The highest BCUT2D eigenvalue weighted by molar-refractivity contribution is 5.87. The zero-order valence-electron chi connectivity index (χ0n) is 9.32. The monoisotopic (exact) mass is 239 g/mol. The summed E-state index contributed by atoms with van der Waals surface area (Å²) in [6, 6.07) is 10.5. The number of aromatic carboxylic acids is 1. The molecule has 0 aliphatic rings. The maximum atomic E-state index is 11.2. The molecule has 0 aliphatic heterocycles. The maximum absolute atomic E-state index is 11.2. The van der Waals surface area contributed by atoms with Gasteiger partial charge in [0.05, 0.1) is 11.7 Å². The molecule has 0 unspecified atom stereocenters. The highest BCUT2D eigenvalue weighted by Gasteiger charge is 2.14. The summed E-state index contributed by atoms with van der Waals surface area (Å²) in [7, 11) is 0. The van der Waals surface area contributed by atoms with Crippen molar-refractivity contribution in [3.63, 3.8) is 0 Å². The van der Waals surface area contributed by atoms with Gasteiger partial charge >= 0.3 is 5.97 Å². The summed E-state index contributed by atoms with van der Waals surface area (Å²) in [5.41, 5.74) is 1.55. The van der Waals surface area contributed by atoms with Crippen LogP contribution in [-0.2, 0) is 0 Å². The minimum Gasteiger partial charge on any atom is -0.477 e. The highest BCUT2D eigenvalue weighted by atomic mass is 16.4. The lowest BCUT2D eigenvalue weighted by Gasteiger charge is -2.04. The van der Waals surface area contributed by atoms with E-state index < -0.39 is 5.97 Å². The molecule has 0 amide bonds. The molecule has 0 aromatic carbocycles. The zero-order valence-corrected chi connectivity index (χ0v) is 9.32. The lowest BCUT2D eigenvalue weighted by Crippen LogP contribution is -2.06. The molecule has 0 saturated heterocycles. The van der Waals surface area contributed by atoms with Crippen molar-refractivity contribution in [1.82, 2.24) is 14.4 Å². The summed E-state index contributed by atoms with van der Waals surface area (Å²) in [6.45, 7) is 0. The zero-order chi connectivity index (χ0) is 12.5. The molecule has 5 nitrogen and oxygen atoms in total. The number of hydrogen-bond donors (Lipinski definition) is 1. The average molecular weight is 239 g/mol. The van der Waals surface area contributed by atoms with Crippen molar-refractivity contribution in [1.29, 1.82) is 0 Å². The minimum atomic E-state index is -0.990. The molecule has 3 aromatic rings. The van der Waals surface area contributed by atoms with Gasteiger partial charge in [0, 0.05) is 6.20 Å². The fraction of sp³-hybridized carbons (Fsp3) is 0. The maximum Gasteiger partial charge on any atom is 0.352 e. The molecular formula is C13H9N3O2. The van der Waals surface area contributed by atoms with Crippen molar-refractivity contribution in [2.45, 2.75) is 0 Å². The summed E-state index contributed by atoms with van der Waals surface area (Å²) >= 11 is 0. The summed E-state index contributed by atoms with van der Waals surface area (Å²) in [6.07, 6.45) is 3.29. The Hall–Kier alpha value is -2.69. The molecule has 3 heterocycles. The second kappa shape index (κ2) is 3.96. The Labute approximate surface area is 102 Å². The van der Waals surface area contributed by atoms with Crippen LogP contribution >= 0.6 is 0 Å². The van der Waals surface area contributed by atoms with Gasteiger partial charge in [0.1, 0.15) is 11.4 Å². The van der Waals surface area contributed by atoms with Crippen LogP contribution in [0.15, 0.2) is 48.8 Å². The lowest BCUT2D eigenvalue weighted by molar-refractivity contribution is 0.0689. The molecule has 0 bridgehead atoms. The van der Waals surface area contributed by atoms with Crippen LogP contribution in [0.2, 0.25) is 0 Å². The van der Waals surface area contributed by atoms with Gasteiger partial charge in [0.15, 0.2) is 5.82 Å². The number of aromatic nitrogens is 3. The Morgan fingerprint density at radius 1 is 1.11 bits per heavy atom. The van der Waals surface area contributed by atoms with Crippen LogP contribution < -0.4 is 0 Å². The Kier molecular flexibility index (Phi) is 2.30. The van der Waals surface area contributed by atoms with Gasteiger partial charge in [0.25, 0.3) is 0 Å². The number of carboxylic acid groups (broad SMARTS) is 1. The Balaban J connectivity index is 2.35. The van der Waals surface area contributed by atoms with Crippen molar-refractivity contribution in [3.05, 3.63) is 54.5 Å². The number of imidazole rings is 1. The molecular weight excluding hydrogens is 230 g/mol. The van der Waals surface area contributed by atoms with Crippen molar-refractivity contribution < 1.29 is 9.90 Å². The van der Waals surface area contributed by atoms with E-state index in [0.29, 0.717) is 11.5 Å². The van der Waals surface area contributed by atoms with Crippen molar-refractivity contribution >= 4 is 11.5 Å². The van der Waals surface area contributed by atoms with Gasteiger partial charge in [-0.1, -0.05) is 12.1 Å². The summed E-state index contributed by atoms with van der Waals surface area (Å²) in [5, 5.41) is 9.20. The molecule has 3 rings (SSSR count). The SMILES string of the molecule is O=C(O)c1cccc2cnc(-c3ccccn3)n12. The Bertz CT molecular complexity index is 719. The Morgan fingerprint density at radius 3 is 2.72 bits per heavy atom. The third-order valence-electron chi connectivity index (χ3n) is 2.66. The fourth-order valence-electron chi connectivity index (χ4n) is 1.89. The van der Waals surface area contributed by atoms with Crippen LogP contribution in [0.4, 0.5) is 0 Å². The van der Waals surface area contributed by atoms with E-state index in [1.54, 1.807) is 41.1 Å². The van der Waals surface area contributed by atoms with E-state index in [-0.39, 0.29) is 5.69 Å². The third-order valence-corrected chi connectivity index (χ3v) is 2.66. The van der Waals surface area contributed by atoms with Gasteiger partial charge in [0.2, 0.25) is 0 Å². The number of fused-ring (bicyclic) bond motifs is 1. The fourth-order valence-corrected chi connectivity index (χ4v) is 1.89. The predicted molar refractivity (Wildman–Crippen MR) is 65.4 cm³/mol. The molecule has 0 saturated carbocycles. The molecule has 0 fully saturated rings. The van der Waals surface area contributed by atoms with Crippen LogP contribution in [0, 0.1) is 0 Å². The number of rotatable bonds is 2. The van der Waals surface area contributed by atoms with Gasteiger partial charge in [-0.05, 0) is 24.3 Å². The van der Waals surface area contributed by atoms with E-state index >= 15 is 0 Å². The first-order chi connectivity index (χ1) is 8.77. The van der Waals surface area contributed by atoms with Crippen LogP contribution in [-0.4, -0.2) is 25.4 Å². The van der Waals surface area contributed by atoms with Crippen LogP contribution in [0.25, 0.3) is 17.0 Å². The van der Waals surface area contributed by atoms with E-state index in [2.05, 4.69) is 9.97 Å². The van der Waals surface area contributed by atoms with Crippen molar-refractivity contribution in [3.8, 4) is 11.5 Å². The van der Waals surface area contributed by atoms with Gasteiger partial charge in [-0.2, -0.15) is 0 Å². The third kappa shape index (κ3) is 1.53. The normalized spacial score (nSPS) is 10.7. The smallest absolute Gasteiger partial charge is 0.352 e.